The molecular formula is C14H16F3N5O2. The van der Waals surface area contributed by atoms with Crippen molar-refractivity contribution in [2.45, 2.75) is 25.2 Å². The summed E-state index contributed by atoms with van der Waals surface area (Å²) >= 11 is 0. The summed E-state index contributed by atoms with van der Waals surface area (Å²) in [6.07, 6.45) is -7.40. The largest absolute Gasteiger partial charge is 0.416 e. The van der Waals surface area contributed by atoms with Gasteiger partial charge in [-0.15, -0.1) is 10.2 Å². The maximum atomic E-state index is 12.4. The summed E-state index contributed by atoms with van der Waals surface area (Å²) in [5.41, 5.74) is 0.698. The summed E-state index contributed by atoms with van der Waals surface area (Å²) in [6.45, 7) is 0.572. The van der Waals surface area contributed by atoms with Crippen molar-refractivity contribution in [1.82, 2.24) is 25.1 Å². The predicted octanol–water partition coefficient (Wildman–Crippen LogP) is 1.28. The Balaban J connectivity index is 2.07. The second-order valence-corrected chi connectivity index (χ2v) is 5.25. The number of carbonyl (C=O) groups excluding carboxylic acids is 1. The van der Waals surface area contributed by atoms with Gasteiger partial charge in [0.25, 0.3) is 0 Å². The van der Waals surface area contributed by atoms with Crippen LogP contribution in [0.1, 0.15) is 13.0 Å². The van der Waals surface area contributed by atoms with Crippen molar-refractivity contribution in [3.8, 4) is 11.4 Å². The molecule has 0 saturated heterocycles. The summed E-state index contributed by atoms with van der Waals surface area (Å²) in [5, 5.41) is 20.7. The van der Waals surface area contributed by atoms with Crippen LogP contribution in [0.25, 0.3) is 11.4 Å². The average Bonchev–Trinajstić information content (AvgIpc) is 3.03. The van der Waals surface area contributed by atoms with Crippen LogP contribution < -0.4 is 0 Å². The first-order chi connectivity index (χ1) is 11.2. The molecule has 1 N–H and O–H groups in total. The topological polar surface area (TPSA) is 84.1 Å². The van der Waals surface area contributed by atoms with E-state index in [0.29, 0.717) is 11.4 Å². The molecule has 1 heterocycles. The number of alkyl halides is 3. The number of aromatic nitrogens is 4. The highest BCUT2D eigenvalue weighted by molar-refractivity contribution is 5.79. The van der Waals surface area contributed by atoms with Crippen LogP contribution in [0.5, 0.6) is 0 Å². The molecule has 1 aromatic heterocycles. The van der Waals surface area contributed by atoms with Gasteiger partial charge in [-0.25, -0.2) is 0 Å². The van der Waals surface area contributed by atoms with Gasteiger partial charge in [-0.1, -0.05) is 30.3 Å². The molecule has 130 valence electrons. The summed E-state index contributed by atoms with van der Waals surface area (Å²) in [7, 11) is 1.17. The first-order valence-corrected chi connectivity index (χ1v) is 7.05. The van der Waals surface area contributed by atoms with Gasteiger partial charge in [0.2, 0.25) is 11.7 Å². The van der Waals surface area contributed by atoms with E-state index in [1.807, 2.05) is 6.07 Å². The molecule has 0 aliphatic heterocycles. The second-order valence-electron chi connectivity index (χ2n) is 5.25. The molecule has 0 saturated carbocycles. The van der Waals surface area contributed by atoms with Crippen LogP contribution in [0.4, 0.5) is 13.2 Å². The van der Waals surface area contributed by atoms with Crippen LogP contribution in [0.15, 0.2) is 30.3 Å². The van der Waals surface area contributed by atoms with E-state index < -0.39 is 30.8 Å². The molecule has 0 bridgehead atoms. The Morgan fingerprint density at radius 3 is 2.54 bits per heavy atom. The predicted molar refractivity (Wildman–Crippen MR) is 77.7 cm³/mol. The number of hydrogen-bond donors (Lipinski definition) is 1. The number of likely N-dealkylation sites (N-methyl/N-ethyl adjacent to an activating group) is 1. The maximum Gasteiger partial charge on any atom is 0.416 e. The Morgan fingerprint density at radius 2 is 1.96 bits per heavy atom. The fraction of sp³-hybridized carbons (Fsp3) is 0.429. The monoisotopic (exact) mass is 343 g/mol. The molecule has 7 nitrogen and oxygen atoms in total. The van der Waals surface area contributed by atoms with Crippen molar-refractivity contribution >= 4 is 5.91 Å². The van der Waals surface area contributed by atoms with Gasteiger partial charge in [-0.3, -0.25) is 4.79 Å². The molecule has 0 aliphatic carbocycles. The first kappa shape index (κ1) is 17.9. The molecule has 1 amide bonds. The number of aliphatic hydroxyl groups excluding tert-OH is 1. The molecule has 0 radical (unpaired) electrons. The summed E-state index contributed by atoms with van der Waals surface area (Å²) in [5.74, 6) is -0.372. The van der Waals surface area contributed by atoms with Crippen molar-refractivity contribution in [3.05, 3.63) is 30.3 Å². The Hall–Kier alpha value is -2.49. The van der Waals surface area contributed by atoms with E-state index in [1.165, 1.54) is 14.0 Å². The zero-order chi connectivity index (χ0) is 17.9. The highest BCUT2D eigenvalue weighted by Crippen LogP contribution is 2.21. The lowest BCUT2D eigenvalue weighted by Gasteiger charge is -2.24. The van der Waals surface area contributed by atoms with Gasteiger partial charge in [-0.2, -0.15) is 18.0 Å². The van der Waals surface area contributed by atoms with E-state index in [2.05, 4.69) is 15.4 Å². The SMILES string of the molecule is CC(C(=O)N(C)CC(O)C(F)(F)F)n1nnc(-c2ccccc2)n1. The van der Waals surface area contributed by atoms with Crippen LogP contribution in [-0.2, 0) is 4.79 Å². The molecule has 10 heteroatoms. The van der Waals surface area contributed by atoms with Gasteiger partial charge in [-0.05, 0) is 12.1 Å². The fourth-order valence-corrected chi connectivity index (χ4v) is 1.96. The minimum absolute atomic E-state index is 0.299. The number of benzene rings is 1. The second kappa shape index (κ2) is 6.95. The van der Waals surface area contributed by atoms with E-state index in [-0.39, 0.29) is 0 Å². The molecule has 2 atom stereocenters. The van der Waals surface area contributed by atoms with Gasteiger partial charge >= 0.3 is 6.18 Å². The molecular weight excluding hydrogens is 327 g/mol. The number of tetrazole rings is 1. The zero-order valence-electron chi connectivity index (χ0n) is 13.0. The number of aliphatic hydroxyl groups is 1. The van der Waals surface area contributed by atoms with E-state index in [0.717, 1.165) is 9.70 Å². The molecule has 2 rings (SSSR count). The number of amides is 1. The molecule has 0 fully saturated rings. The quantitative estimate of drug-likeness (QED) is 0.884. The normalized spacial score (nSPS) is 14.2. The number of hydrogen-bond acceptors (Lipinski definition) is 5. The van der Waals surface area contributed by atoms with E-state index >= 15 is 0 Å². The number of rotatable bonds is 5. The Labute approximate surface area is 135 Å². The standard InChI is InChI=1S/C14H16F3N5O2/c1-9(13(24)21(2)8-11(23)14(15,16)17)22-19-12(18-20-22)10-6-4-3-5-7-10/h3-7,9,11,23H,8H2,1-2H3. The van der Waals surface area contributed by atoms with Gasteiger partial charge in [0, 0.05) is 12.6 Å². The summed E-state index contributed by atoms with van der Waals surface area (Å²) < 4.78 is 37.1. The lowest BCUT2D eigenvalue weighted by Crippen LogP contribution is -2.44. The first-order valence-electron chi connectivity index (χ1n) is 7.05. The Kier molecular flexibility index (Phi) is 5.17. The van der Waals surface area contributed by atoms with Crippen LogP contribution in [-0.4, -0.2) is 62.0 Å². The zero-order valence-corrected chi connectivity index (χ0v) is 13.0. The van der Waals surface area contributed by atoms with Crippen molar-refractivity contribution in [3.63, 3.8) is 0 Å². The van der Waals surface area contributed by atoms with Crippen LogP contribution >= 0.6 is 0 Å². The van der Waals surface area contributed by atoms with Crippen molar-refractivity contribution in [2.24, 2.45) is 0 Å². The summed E-state index contributed by atoms with van der Waals surface area (Å²) in [4.78, 5) is 14.0. The third-order valence-electron chi connectivity index (χ3n) is 3.36. The maximum absolute atomic E-state index is 12.4. The molecule has 2 unspecified atom stereocenters. The molecule has 24 heavy (non-hydrogen) atoms. The molecule has 1 aromatic carbocycles. The highest BCUT2D eigenvalue weighted by Gasteiger charge is 2.40. The molecule has 0 spiro atoms. The van der Waals surface area contributed by atoms with Gasteiger partial charge < -0.3 is 10.0 Å². The lowest BCUT2D eigenvalue weighted by atomic mass is 10.2. The van der Waals surface area contributed by atoms with Crippen molar-refractivity contribution in [2.75, 3.05) is 13.6 Å². The highest BCUT2D eigenvalue weighted by atomic mass is 19.4. The molecule has 2 aromatic rings. The smallest absolute Gasteiger partial charge is 0.382 e. The van der Waals surface area contributed by atoms with Gasteiger partial charge in [0.1, 0.15) is 6.04 Å². The third-order valence-corrected chi connectivity index (χ3v) is 3.36. The minimum Gasteiger partial charge on any atom is -0.382 e. The molecule has 0 aliphatic rings. The van der Waals surface area contributed by atoms with Crippen LogP contribution in [0, 0.1) is 0 Å². The van der Waals surface area contributed by atoms with Crippen molar-refractivity contribution in [1.29, 1.82) is 0 Å². The van der Waals surface area contributed by atoms with Crippen LogP contribution in [0.2, 0.25) is 0 Å². The van der Waals surface area contributed by atoms with Gasteiger partial charge in [0.05, 0.1) is 6.54 Å². The Morgan fingerprint density at radius 1 is 1.33 bits per heavy atom. The number of halogens is 3. The van der Waals surface area contributed by atoms with Gasteiger partial charge in [0.15, 0.2) is 6.10 Å². The number of nitrogens with zero attached hydrogens (tertiary/aromatic N) is 5. The summed E-state index contributed by atoms with van der Waals surface area (Å²) in [6, 6.07) is 7.97. The van der Waals surface area contributed by atoms with E-state index in [4.69, 9.17) is 5.11 Å². The minimum atomic E-state index is -4.79. The Bertz CT molecular complexity index is 689. The third kappa shape index (κ3) is 4.07. The van der Waals surface area contributed by atoms with Crippen molar-refractivity contribution < 1.29 is 23.1 Å². The van der Waals surface area contributed by atoms with Crippen LogP contribution in [0.3, 0.4) is 0 Å². The average molecular weight is 343 g/mol. The van der Waals surface area contributed by atoms with E-state index in [1.54, 1.807) is 24.3 Å². The van der Waals surface area contributed by atoms with E-state index in [9.17, 15) is 18.0 Å². The lowest BCUT2D eigenvalue weighted by molar-refractivity contribution is -0.207. The fourth-order valence-electron chi connectivity index (χ4n) is 1.96. The number of carbonyl (C=O) groups is 1.